The van der Waals surface area contributed by atoms with Gasteiger partial charge >= 0.3 is 0 Å². The molecule has 0 aliphatic carbocycles. The molecule has 0 amide bonds. The van der Waals surface area contributed by atoms with Crippen molar-refractivity contribution in [2.75, 3.05) is 26.3 Å². The van der Waals surface area contributed by atoms with Crippen LogP contribution in [0.5, 0.6) is 11.5 Å². The molecule has 6 nitrogen and oxygen atoms in total. The summed E-state index contributed by atoms with van der Waals surface area (Å²) in [6.07, 6.45) is 7.01. The summed E-state index contributed by atoms with van der Waals surface area (Å²) in [6.45, 7) is 6.38. The first kappa shape index (κ1) is 25.8. The highest BCUT2D eigenvalue weighted by atomic mass is 35.5. The molecule has 35 heavy (non-hydrogen) atoms. The van der Waals surface area contributed by atoms with E-state index in [0.29, 0.717) is 35.2 Å². The second-order valence-corrected chi connectivity index (χ2v) is 10.1. The van der Waals surface area contributed by atoms with E-state index in [1.165, 1.54) is 5.56 Å². The Morgan fingerprint density at radius 3 is 2.69 bits per heavy atom. The number of nitrogens with zero attached hydrogens (tertiary/aromatic N) is 3. The summed E-state index contributed by atoms with van der Waals surface area (Å²) < 4.78 is 14.0. The van der Waals surface area contributed by atoms with Crippen LogP contribution in [-0.2, 0) is 13.1 Å². The molecule has 0 bridgehead atoms. The Morgan fingerprint density at radius 1 is 1.03 bits per heavy atom. The molecule has 0 saturated carbocycles. The molecule has 1 N–H and O–H groups in total. The van der Waals surface area contributed by atoms with Gasteiger partial charge in [-0.25, -0.2) is 4.98 Å². The average molecular weight is 518 g/mol. The van der Waals surface area contributed by atoms with Gasteiger partial charge in [0.25, 0.3) is 0 Å². The van der Waals surface area contributed by atoms with Gasteiger partial charge in [-0.1, -0.05) is 35.3 Å². The smallest absolute Gasteiger partial charge is 0.121 e. The lowest BCUT2D eigenvalue weighted by Gasteiger charge is -2.27. The Labute approximate surface area is 217 Å². The van der Waals surface area contributed by atoms with E-state index in [9.17, 15) is 5.11 Å². The third-order valence-electron chi connectivity index (χ3n) is 6.45. The predicted octanol–water partition coefficient (Wildman–Crippen LogP) is 5.76. The minimum atomic E-state index is -0.862. The summed E-state index contributed by atoms with van der Waals surface area (Å²) in [5, 5.41) is 12.1. The molecule has 4 rings (SSSR count). The molecule has 8 heteroatoms. The molecule has 0 spiro atoms. The van der Waals surface area contributed by atoms with Crippen molar-refractivity contribution >= 4 is 23.2 Å². The highest BCUT2D eigenvalue weighted by Gasteiger charge is 2.31. The Morgan fingerprint density at radius 2 is 1.89 bits per heavy atom. The van der Waals surface area contributed by atoms with Gasteiger partial charge in [0.15, 0.2) is 0 Å². The fourth-order valence-corrected chi connectivity index (χ4v) is 4.67. The van der Waals surface area contributed by atoms with Crippen molar-refractivity contribution in [3.05, 3.63) is 76.3 Å². The number of aromatic nitrogens is 2. The maximum atomic E-state index is 11.1. The van der Waals surface area contributed by atoms with Crippen LogP contribution in [0.2, 0.25) is 10.0 Å². The fourth-order valence-electron chi connectivity index (χ4n) is 4.38. The van der Waals surface area contributed by atoms with Gasteiger partial charge in [0.2, 0.25) is 0 Å². The number of halogens is 2. The lowest BCUT2D eigenvalue weighted by Crippen LogP contribution is -2.37. The van der Waals surface area contributed by atoms with Gasteiger partial charge in [-0.3, -0.25) is 4.90 Å². The quantitative estimate of drug-likeness (QED) is 0.346. The summed E-state index contributed by atoms with van der Waals surface area (Å²) in [5.74, 6) is 2.54. The number of hydrogen-bond acceptors (Lipinski definition) is 5. The minimum absolute atomic E-state index is 0.237. The summed E-state index contributed by atoms with van der Waals surface area (Å²) in [6, 6.07) is 13.5. The average Bonchev–Trinajstić information content (AvgIpc) is 3.16. The van der Waals surface area contributed by atoms with E-state index in [1.54, 1.807) is 18.2 Å². The van der Waals surface area contributed by atoms with Crippen molar-refractivity contribution in [2.24, 2.45) is 0 Å². The second kappa shape index (κ2) is 12.1. The van der Waals surface area contributed by atoms with Gasteiger partial charge in [0, 0.05) is 38.1 Å². The highest BCUT2D eigenvalue weighted by molar-refractivity contribution is 6.42. The van der Waals surface area contributed by atoms with E-state index < -0.39 is 5.60 Å². The van der Waals surface area contributed by atoms with E-state index in [-0.39, 0.29) is 6.61 Å². The van der Waals surface area contributed by atoms with Crippen LogP contribution in [0.1, 0.15) is 37.1 Å². The number of imidazole rings is 1. The van der Waals surface area contributed by atoms with E-state index in [1.807, 2.05) is 31.5 Å². The Balaban J connectivity index is 1.23. The predicted molar refractivity (Wildman–Crippen MR) is 140 cm³/mol. The molecule has 1 aliphatic heterocycles. The lowest BCUT2D eigenvalue weighted by molar-refractivity contribution is -0.0168. The summed E-state index contributed by atoms with van der Waals surface area (Å²) in [4.78, 5) is 6.64. The van der Waals surface area contributed by atoms with Gasteiger partial charge in [0.1, 0.15) is 23.9 Å². The SMILES string of the molecule is Cc1nccn1CCCOc1cccc(CN2CCC[C@@](O)(COc3ccc(Cl)c(Cl)c3)CC2)c1. The maximum absolute atomic E-state index is 11.1. The summed E-state index contributed by atoms with van der Waals surface area (Å²) in [5.41, 5.74) is 0.352. The zero-order chi connectivity index (χ0) is 24.7. The van der Waals surface area contributed by atoms with Gasteiger partial charge in [-0.15, -0.1) is 0 Å². The van der Waals surface area contributed by atoms with Crippen molar-refractivity contribution in [1.29, 1.82) is 0 Å². The van der Waals surface area contributed by atoms with Gasteiger partial charge in [-0.2, -0.15) is 0 Å². The molecule has 3 aromatic rings. The molecule has 2 aromatic carbocycles. The molecule has 1 atom stereocenters. The molecule has 0 unspecified atom stereocenters. The molecule has 0 radical (unpaired) electrons. The molecule has 1 fully saturated rings. The van der Waals surface area contributed by atoms with Gasteiger partial charge < -0.3 is 19.1 Å². The number of ether oxygens (including phenoxy) is 2. The highest BCUT2D eigenvalue weighted by Crippen LogP contribution is 2.29. The monoisotopic (exact) mass is 517 g/mol. The van der Waals surface area contributed by atoms with E-state index in [4.69, 9.17) is 32.7 Å². The minimum Gasteiger partial charge on any atom is -0.494 e. The largest absolute Gasteiger partial charge is 0.494 e. The summed E-state index contributed by atoms with van der Waals surface area (Å²) in [7, 11) is 0. The Bertz CT molecular complexity index is 1110. The maximum Gasteiger partial charge on any atom is 0.121 e. The number of hydrogen-bond donors (Lipinski definition) is 1. The third-order valence-corrected chi connectivity index (χ3v) is 7.19. The molecule has 1 aliphatic rings. The van der Waals surface area contributed by atoms with Crippen LogP contribution in [0.25, 0.3) is 0 Å². The number of aliphatic hydroxyl groups is 1. The topological polar surface area (TPSA) is 59.8 Å². The Kier molecular flexibility index (Phi) is 8.95. The van der Waals surface area contributed by atoms with Crippen LogP contribution in [-0.4, -0.2) is 51.5 Å². The first-order chi connectivity index (χ1) is 16.9. The van der Waals surface area contributed by atoms with Gasteiger partial charge in [0.05, 0.1) is 22.3 Å². The zero-order valence-electron chi connectivity index (χ0n) is 20.1. The number of benzene rings is 2. The number of likely N-dealkylation sites (tertiary alicyclic amines) is 1. The molecule has 1 aromatic heterocycles. The first-order valence-electron chi connectivity index (χ1n) is 12.1. The second-order valence-electron chi connectivity index (χ2n) is 9.24. The van der Waals surface area contributed by atoms with E-state index >= 15 is 0 Å². The molecular weight excluding hydrogens is 485 g/mol. The molecule has 2 heterocycles. The zero-order valence-corrected chi connectivity index (χ0v) is 21.6. The van der Waals surface area contributed by atoms with Gasteiger partial charge in [-0.05, 0) is 69.0 Å². The van der Waals surface area contributed by atoms with Crippen molar-refractivity contribution in [3.8, 4) is 11.5 Å². The Hall–Kier alpha value is -2.25. The van der Waals surface area contributed by atoms with E-state index in [0.717, 1.165) is 50.6 Å². The van der Waals surface area contributed by atoms with Crippen molar-refractivity contribution in [2.45, 2.75) is 51.3 Å². The van der Waals surface area contributed by atoms with Crippen LogP contribution in [0.15, 0.2) is 54.9 Å². The first-order valence-corrected chi connectivity index (χ1v) is 12.9. The fraction of sp³-hybridized carbons (Fsp3) is 0.444. The molecule has 1 saturated heterocycles. The standard InChI is InChI=1S/C27H33Cl2N3O3/c1-21-30-11-15-32(21)13-4-16-34-23-6-2-5-22(17-23)19-31-12-3-9-27(33,10-14-31)20-35-24-7-8-25(28)26(29)18-24/h2,5-8,11,15,17-18,33H,3-4,9-10,12-14,16,19-20H2,1H3/t27-/m0/s1. The van der Waals surface area contributed by atoms with Crippen molar-refractivity contribution < 1.29 is 14.6 Å². The van der Waals surface area contributed by atoms with Crippen LogP contribution >= 0.6 is 23.2 Å². The van der Waals surface area contributed by atoms with Crippen LogP contribution in [0.3, 0.4) is 0 Å². The van der Waals surface area contributed by atoms with Crippen LogP contribution < -0.4 is 9.47 Å². The van der Waals surface area contributed by atoms with E-state index in [2.05, 4.69) is 26.6 Å². The molecule has 188 valence electrons. The number of aryl methyl sites for hydroxylation is 2. The normalized spacial score (nSPS) is 18.9. The lowest BCUT2D eigenvalue weighted by atomic mass is 9.96. The summed E-state index contributed by atoms with van der Waals surface area (Å²) >= 11 is 12.0. The third kappa shape index (κ3) is 7.61. The van der Waals surface area contributed by atoms with Crippen LogP contribution in [0, 0.1) is 6.92 Å². The van der Waals surface area contributed by atoms with Crippen molar-refractivity contribution in [1.82, 2.24) is 14.5 Å². The van der Waals surface area contributed by atoms with Crippen LogP contribution in [0.4, 0.5) is 0 Å². The molecular formula is C27H33Cl2N3O3. The van der Waals surface area contributed by atoms with Crippen molar-refractivity contribution in [3.63, 3.8) is 0 Å². The number of rotatable bonds is 10.